The van der Waals surface area contributed by atoms with Crippen molar-refractivity contribution in [1.82, 2.24) is 9.78 Å². The number of anilines is 1. The number of aryl methyl sites for hydroxylation is 1. The molecule has 0 aliphatic rings. The molecule has 136 valence electrons. The third-order valence-corrected chi connectivity index (χ3v) is 5.28. The molecule has 0 spiro atoms. The van der Waals surface area contributed by atoms with Crippen molar-refractivity contribution >= 4 is 21.4 Å². The molecule has 0 radical (unpaired) electrons. The molecule has 2 rings (SSSR count). The van der Waals surface area contributed by atoms with Crippen molar-refractivity contribution in [3.05, 3.63) is 48.3 Å². The number of hydrogen-bond donors (Lipinski definition) is 1. The van der Waals surface area contributed by atoms with E-state index in [0.29, 0.717) is 18.5 Å². The SMILES string of the molecule is CC(C)(C)n1cc(NC(=O)CS(=O)(=O)CCCc2ccccc2)cn1. The van der Waals surface area contributed by atoms with E-state index in [0.717, 1.165) is 5.56 Å². The van der Waals surface area contributed by atoms with Crippen molar-refractivity contribution in [1.29, 1.82) is 0 Å². The molecule has 1 heterocycles. The summed E-state index contributed by atoms with van der Waals surface area (Å²) >= 11 is 0. The fraction of sp³-hybridized carbons (Fsp3) is 0.444. The summed E-state index contributed by atoms with van der Waals surface area (Å²) in [5.41, 5.74) is 1.39. The standard InChI is InChI=1S/C18H25N3O3S/c1-18(2,3)21-13-16(12-19-21)20-17(22)14-25(23,24)11-7-10-15-8-5-4-6-9-15/h4-6,8-9,12-13H,7,10-11,14H2,1-3H3,(H,20,22). The van der Waals surface area contributed by atoms with Crippen LogP contribution in [0.5, 0.6) is 0 Å². The summed E-state index contributed by atoms with van der Waals surface area (Å²) in [5, 5.41) is 6.77. The number of nitrogens with zero attached hydrogens (tertiary/aromatic N) is 2. The zero-order valence-corrected chi connectivity index (χ0v) is 15.7. The number of carbonyl (C=O) groups is 1. The van der Waals surface area contributed by atoms with Gasteiger partial charge in [-0.05, 0) is 39.2 Å². The van der Waals surface area contributed by atoms with Crippen LogP contribution in [-0.2, 0) is 26.6 Å². The summed E-state index contributed by atoms with van der Waals surface area (Å²) in [6.07, 6.45) is 4.40. The first-order chi connectivity index (χ1) is 11.7. The van der Waals surface area contributed by atoms with E-state index < -0.39 is 21.5 Å². The number of amides is 1. The van der Waals surface area contributed by atoms with Gasteiger partial charge in [-0.1, -0.05) is 30.3 Å². The molecule has 25 heavy (non-hydrogen) atoms. The zero-order chi connectivity index (χ0) is 18.5. The van der Waals surface area contributed by atoms with Crippen LogP contribution in [0.4, 0.5) is 5.69 Å². The zero-order valence-electron chi connectivity index (χ0n) is 14.9. The Balaban J connectivity index is 1.83. The molecule has 1 aromatic carbocycles. The van der Waals surface area contributed by atoms with Crippen molar-refractivity contribution in [2.45, 2.75) is 39.2 Å². The molecule has 0 aliphatic carbocycles. The van der Waals surface area contributed by atoms with Gasteiger partial charge in [0.05, 0.1) is 23.2 Å². The maximum Gasteiger partial charge on any atom is 0.239 e. The Morgan fingerprint density at radius 2 is 1.88 bits per heavy atom. The topological polar surface area (TPSA) is 81.1 Å². The lowest BCUT2D eigenvalue weighted by molar-refractivity contribution is -0.113. The monoisotopic (exact) mass is 363 g/mol. The van der Waals surface area contributed by atoms with Crippen molar-refractivity contribution in [2.75, 3.05) is 16.8 Å². The molecule has 2 aromatic rings. The second-order valence-electron chi connectivity index (χ2n) is 7.07. The Bertz CT molecular complexity index is 806. The average Bonchev–Trinajstić information content (AvgIpc) is 2.96. The minimum atomic E-state index is -3.43. The fourth-order valence-corrected chi connectivity index (χ4v) is 3.56. The quantitative estimate of drug-likeness (QED) is 0.820. The first-order valence-electron chi connectivity index (χ1n) is 8.25. The van der Waals surface area contributed by atoms with E-state index in [-0.39, 0.29) is 11.3 Å². The first-order valence-corrected chi connectivity index (χ1v) is 10.1. The van der Waals surface area contributed by atoms with Crippen LogP contribution in [0.2, 0.25) is 0 Å². The molecule has 0 unspecified atom stereocenters. The van der Waals surface area contributed by atoms with Gasteiger partial charge in [0.15, 0.2) is 9.84 Å². The van der Waals surface area contributed by atoms with Crippen LogP contribution in [0.3, 0.4) is 0 Å². The molecule has 6 nitrogen and oxygen atoms in total. The summed E-state index contributed by atoms with van der Waals surface area (Å²) in [4.78, 5) is 12.0. The van der Waals surface area contributed by atoms with Crippen molar-refractivity contribution in [3.63, 3.8) is 0 Å². The lowest BCUT2D eigenvalue weighted by Gasteiger charge is -2.18. The molecular formula is C18H25N3O3S. The van der Waals surface area contributed by atoms with Gasteiger partial charge in [-0.15, -0.1) is 0 Å². The van der Waals surface area contributed by atoms with Gasteiger partial charge in [-0.2, -0.15) is 5.10 Å². The molecule has 0 aliphatic heterocycles. The first kappa shape index (κ1) is 19.2. The minimum absolute atomic E-state index is 0.00341. The third-order valence-electron chi connectivity index (χ3n) is 3.67. The van der Waals surface area contributed by atoms with E-state index in [1.807, 2.05) is 51.1 Å². The summed E-state index contributed by atoms with van der Waals surface area (Å²) in [6, 6.07) is 9.70. The number of rotatable bonds is 7. The third kappa shape index (κ3) is 6.34. The number of carbonyl (C=O) groups excluding carboxylic acids is 1. The van der Waals surface area contributed by atoms with Gasteiger partial charge >= 0.3 is 0 Å². The Labute approximate surface area is 149 Å². The molecule has 0 bridgehead atoms. The maximum absolute atomic E-state index is 12.1. The minimum Gasteiger partial charge on any atom is -0.323 e. The molecule has 0 fully saturated rings. The van der Waals surface area contributed by atoms with Crippen LogP contribution < -0.4 is 5.32 Å². The summed E-state index contributed by atoms with van der Waals surface area (Å²) in [5.74, 6) is -1.05. The summed E-state index contributed by atoms with van der Waals surface area (Å²) in [7, 11) is -3.43. The largest absolute Gasteiger partial charge is 0.323 e. The lowest BCUT2D eigenvalue weighted by atomic mass is 10.1. The van der Waals surface area contributed by atoms with E-state index in [2.05, 4.69) is 10.4 Å². The molecule has 0 saturated heterocycles. The van der Waals surface area contributed by atoms with E-state index in [9.17, 15) is 13.2 Å². The van der Waals surface area contributed by atoms with Crippen molar-refractivity contribution < 1.29 is 13.2 Å². The molecule has 1 aromatic heterocycles. The second kappa shape index (κ2) is 7.82. The van der Waals surface area contributed by atoms with Crippen LogP contribution >= 0.6 is 0 Å². The Hall–Kier alpha value is -2.15. The highest BCUT2D eigenvalue weighted by Crippen LogP contribution is 2.15. The Kier molecular flexibility index (Phi) is 6.00. The van der Waals surface area contributed by atoms with E-state index in [4.69, 9.17) is 0 Å². The van der Waals surface area contributed by atoms with Crippen LogP contribution in [-0.4, -0.2) is 35.6 Å². The normalized spacial score (nSPS) is 12.1. The molecule has 1 N–H and O–H groups in total. The van der Waals surface area contributed by atoms with Crippen LogP contribution in [0.1, 0.15) is 32.8 Å². The Morgan fingerprint density at radius 1 is 1.20 bits per heavy atom. The van der Waals surface area contributed by atoms with Gasteiger partial charge in [-0.25, -0.2) is 8.42 Å². The highest BCUT2D eigenvalue weighted by Gasteiger charge is 2.18. The summed E-state index contributed by atoms with van der Waals surface area (Å²) < 4.78 is 25.9. The van der Waals surface area contributed by atoms with Crippen molar-refractivity contribution in [2.24, 2.45) is 0 Å². The average molecular weight is 363 g/mol. The highest BCUT2D eigenvalue weighted by molar-refractivity contribution is 7.92. The van der Waals surface area contributed by atoms with Gasteiger partial charge in [0, 0.05) is 6.20 Å². The van der Waals surface area contributed by atoms with Crippen LogP contribution in [0.25, 0.3) is 0 Å². The molecule has 0 saturated carbocycles. The van der Waals surface area contributed by atoms with Gasteiger partial charge in [-0.3, -0.25) is 9.48 Å². The number of nitrogens with one attached hydrogen (secondary N) is 1. The lowest BCUT2D eigenvalue weighted by Crippen LogP contribution is -2.25. The Morgan fingerprint density at radius 3 is 2.48 bits per heavy atom. The number of hydrogen-bond acceptors (Lipinski definition) is 4. The fourth-order valence-electron chi connectivity index (χ4n) is 2.36. The predicted molar refractivity (Wildman–Crippen MR) is 99.3 cm³/mol. The molecule has 7 heteroatoms. The highest BCUT2D eigenvalue weighted by atomic mass is 32.2. The molecule has 0 atom stereocenters. The maximum atomic E-state index is 12.1. The van der Waals surface area contributed by atoms with Gasteiger partial charge in [0.2, 0.25) is 5.91 Å². The second-order valence-corrected chi connectivity index (χ2v) is 9.26. The predicted octanol–water partition coefficient (Wildman–Crippen LogP) is 2.62. The van der Waals surface area contributed by atoms with Gasteiger partial charge < -0.3 is 5.32 Å². The number of benzene rings is 1. The number of sulfone groups is 1. The van der Waals surface area contributed by atoms with Crippen molar-refractivity contribution in [3.8, 4) is 0 Å². The molecular weight excluding hydrogens is 338 g/mol. The van der Waals surface area contributed by atoms with Crippen LogP contribution in [0, 0.1) is 0 Å². The van der Waals surface area contributed by atoms with E-state index in [1.54, 1.807) is 10.9 Å². The smallest absolute Gasteiger partial charge is 0.239 e. The molecule has 1 amide bonds. The van der Waals surface area contributed by atoms with Crippen LogP contribution in [0.15, 0.2) is 42.7 Å². The van der Waals surface area contributed by atoms with Gasteiger partial charge in [0.1, 0.15) is 5.75 Å². The summed E-state index contributed by atoms with van der Waals surface area (Å²) in [6.45, 7) is 5.97. The van der Waals surface area contributed by atoms with E-state index in [1.165, 1.54) is 6.20 Å². The van der Waals surface area contributed by atoms with E-state index >= 15 is 0 Å². The number of aromatic nitrogens is 2. The van der Waals surface area contributed by atoms with Gasteiger partial charge in [0.25, 0.3) is 0 Å².